The van der Waals surface area contributed by atoms with Gasteiger partial charge in [-0.15, -0.1) is 0 Å². The molecule has 1 saturated heterocycles. The Bertz CT molecular complexity index is 874. The van der Waals surface area contributed by atoms with E-state index in [-0.39, 0.29) is 0 Å². The van der Waals surface area contributed by atoms with Gasteiger partial charge in [0, 0.05) is 0 Å². The Morgan fingerprint density at radius 3 is 2.53 bits per heavy atom. The first kappa shape index (κ1) is 22.9. The molecule has 1 aliphatic heterocycles. The quantitative estimate of drug-likeness (QED) is 0.347. The molecule has 1 aromatic carbocycles. The van der Waals surface area contributed by atoms with E-state index in [0.717, 1.165) is 12.1 Å². The fraction of sp³-hybridized carbons (Fsp3) is 0.724. The first-order valence-corrected chi connectivity index (χ1v) is 16.0. The molecular formula is C29H44O2Si. The third-order valence-corrected chi connectivity index (χ3v) is 13.5. The van der Waals surface area contributed by atoms with Gasteiger partial charge in [0.05, 0.1) is 18.8 Å². The maximum absolute atomic E-state index is 7.24. The monoisotopic (exact) mass is 452 g/mol. The molecule has 1 heterocycles. The zero-order chi connectivity index (χ0) is 22.9. The zero-order valence-corrected chi connectivity index (χ0v) is 22.4. The van der Waals surface area contributed by atoms with Crippen LogP contribution in [-0.4, -0.2) is 20.5 Å². The standard InChI is InChI=1S/C29H44O2Si/c1-19-13-14-24-28(3,4)17-25-29(24,5)27(31-32(25,6)7)23-16-20(2)26(22(23)15-19)30-18-21-11-9-8-10-12-21/h8-13,20,22-27H,14-18H2,1-7H3/b19-13-/t20-,22+,23+,24-,25-,26+,27+,29+/m1/s1. The number of rotatable bonds is 3. The molecule has 0 bridgehead atoms. The van der Waals surface area contributed by atoms with Crippen LogP contribution in [0.15, 0.2) is 42.0 Å². The minimum Gasteiger partial charge on any atom is -0.413 e. The molecule has 4 aliphatic rings. The smallest absolute Gasteiger partial charge is 0.190 e. The third-order valence-electron chi connectivity index (χ3n) is 10.2. The summed E-state index contributed by atoms with van der Waals surface area (Å²) >= 11 is 0. The normalized spacial score (nSPS) is 45.8. The second-order valence-electron chi connectivity index (χ2n) is 13.1. The van der Waals surface area contributed by atoms with Crippen LogP contribution in [0.5, 0.6) is 0 Å². The summed E-state index contributed by atoms with van der Waals surface area (Å²) in [6.07, 6.45) is 8.32. The molecule has 3 fully saturated rings. The lowest BCUT2D eigenvalue weighted by Gasteiger charge is -2.44. The summed E-state index contributed by atoms with van der Waals surface area (Å²) in [6, 6.07) is 10.7. The lowest BCUT2D eigenvalue weighted by molar-refractivity contribution is -0.0430. The summed E-state index contributed by atoms with van der Waals surface area (Å²) in [5.41, 5.74) is 4.33. The minimum atomic E-state index is -1.73. The van der Waals surface area contributed by atoms with Gasteiger partial charge < -0.3 is 9.16 Å². The number of fused-ring (bicyclic) bond motifs is 2. The summed E-state index contributed by atoms with van der Waals surface area (Å²) in [6.45, 7) is 18.3. The van der Waals surface area contributed by atoms with Crippen LogP contribution in [0.3, 0.4) is 0 Å². The van der Waals surface area contributed by atoms with Crippen molar-refractivity contribution in [1.29, 1.82) is 0 Å². The summed E-state index contributed by atoms with van der Waals surface area (Å²) in [7, 11) is -1.73. The molecule has 3 aliphatic carbocycles. The Hall–Kier alpha value is -0.903. The molecule has 3 heteroatoms. The second-order valence-corrected chi connectivity index (χ2v) is 17.2. The molecule has 2 nitrogen and oxygen atoms in total. The fourth-order valence-electron chi connectivity index (χ4n) is 8.87. The van der Waals surface area contributed by atoms with E-state index in [4.69, 9.17) is 9.16 Å². The molecule has 1 aromatic rings. The minimum absolute atomic E-state index is 0.303. The van der Waals surface area contributed by atoms with E-state index in [0.29, 0.717) is 46.7 Å². The Morgan fingerprint density at radius 1 is 1.09 bits per heavy atom. The number of hydrogen-bond donors (Lipinski definition) is 0. The Morgan fingerprint density at radius 2 is 1.81 bits per heavy atom. The molecular weight excluding hydrogens is 408 g/mol. The highest BCUT2D eigenvalue weighted by molar-refractivity contribution is 6.73. The average Bonchev–Trinajstić information content (AvgIpc) is 3.22. The van der Waals surface area contributed by atoms with Crippen LogP contribution < -0.4 is 0 Å². The molecule has 32 heavy (non-hydrogen) atoms. The van der Waals surface area contributed by atoms with Crippen LogP contribution >= 0.6 is 0 Å². The van der Waals surface area contributed by atoms with Crippen molar-refractivity contribution in [3.63, 3.8) is 0 Å². The fourth-order valence-corrected chi connectivity index (χ4v) is 13.0. The molecule has 5 rings (SSSR count). The van der Waals surface area contributed by atoms with Crippen LogP contribution in [0.4, 0.5) is 0 Å². The van der Waals surface area contributed by atoms with Gasteiger partial charge in [-0.05, 0) is 91.3 Å². The van der Waals surface area contributed by atoms with E-state index in [1.54, 1.807) is 5.57 Å². The summed E-state index contributed by atoms with van der Waals surface area (Å²) < 4.78 is 14.0. The highest BCUT2D eigenvalue weighted by Gasteiger charge is 2.70. The van der Waals surface area contributed by atoms with Crippen molar-refractivity contribution in [2.24, 2.45) is 34.5 Å². The average molecular weight is 453 g/mol. The van der Waals surface area contributed by atoms with Crippen LogP contribution in [0.1, 0.15) is 65.9 Å². The SMILES string of the molecule is C/C1=C/C[C@@H]2C(C)(C)C[C@@H]3[C@@]2(C)[C@@H](O[Si]3(C)C)[C@H]2C[C@@H](C)[C@H](OCc3ccccc3)[C@H]2C1. The molecule has 8 atom stereocenters. The summed E-state index contributed by atoms with van der Waals surface area (Å²) in [5.74, 6) is 2.49. The van der Waals surface area contributed by atoms with Crippen molar-refractivity contribution >= 4 is 8.32 Å². The molecule has 0 radical (unpaired) electrons. The van der Waals surface area contributed by atoms with Crippen LogP contribution in [0, 0.1) is 34.5 Å². The van der Waals surface area contributed by atoms with Gasteiger partial charge in [-0.3, -0.25) is 0 Å². The predicted molar refractivity (Wildman–Crippen MR) is 135 cm³/mol. The maximum atomic E-state index is 7.24. The van der Waals surface area contributed by atoms with Gasteiger partial charge in [-0.2, -0.15) is 0 Å². The number of ether oxygens (including phenoxy) is 1. The first-order chi connectivity index (χ1) is 15.0. The van der Waals surface area contributed by atoms with E-state index in [2.05, 4.69) is 84.1 Å². The second kappa shape index (κ2) is 7.82. The van der Waals surface area contributed by atoms with Gasteiger partial charge in [-0.25, -0.2) is 0 Å². The lowest BCUT2D eigenvalue weighted by atomic mass is 9.64. The molecule has 0 aromatic heterocycles. The molecule has 176 valence electrons. The van der Waals surface area contributed by atoms with Crippen molar-refractivity contribution in [2.75, 3.05) is 0 Å². The molecule has 0 amide bonds. The van der Waals surface area contributed by atoms with Crippen LogP contribution in [0.2, 0.25) is 18.6 Å². The zero-order valence-electron chi connectivity index (χ0n) is 21.4. The predicted octanol–water partition coefficient (Wildman–Crippen LogP) is 7.61. The lowest BCUT2D eigenvalue weighted by Crippen LogP contribution is -2.43. The largest absolute Gasteiger partial charge is 0.413 e. The summed E-state index contributed by atoms with van der Waals surface area (Å²) in [5, 5.41) is 0. The van der Waals surface area contributed by atoms with Crippen LogP contribution in [0.25, 0.3) is 0 Å². The van der Waals surface area contributed by atoms with Crippen molar-refractivity contribution in [3.8, 4) is 0 Å². The number of benzene rings is 1. The Kier molecular flexibility index (Phi) is 5.59. The van der Waals surface area contributed by atoms with E-state index >= 15 is 0 Å². The van der Waals surface area contributed by atoms with Crippen molar-refractivity contribution in [2.45, 2.75) is 97.8 Å². The first-order valence-electron chi connectivity index (χ1n) is 13.0. The number of allylic oxidation sites excluding steroid dienone is 2. The van der Waals surface area contributed by atoms with Gasteiger partial charge in [-0.1, -0.05) is 69.7 Å². The van der Waals surface area contributed by atoms with Crippen LogP contribution in [-0.2, 0) is 15.8 Å². The Balaban J connectivity index is 1.50. The topological polar surface area (TPSA) is 18.5 Å². The van der Waals surface area contributed by atoms with E-state index in [1.807, 2.05) is 0 Å². The van der Waals surface area contributed by atoms with Gasteiger partial charge in [0.2, 0.25) is 0 Å². The highest BCUT2D eigenvalue weighted by Crippen LogP contribution is 2.72. The van der Waals surface area contributed by atoms with Gasteiger partial charge >= 0.3 is 0 Å². The van der Waals surface area contributed by atoms with Gasteiger partial charge in [0.1, 0.15) is 0 Å². The van der Waals surface area contributed by atoms with Crippen molar-refractivity contribution in [1.82, 2.24) is 0 Å². The van der Waals surface area contributed by atoms with Crippen molar-refractivity contribution < 1.29 is 9.16 Å². The molecule has 2 saturated carbocycles. The third kappa shape index (κ3) is 3.49. The number of hydrogen-bond acceptors (Lipinski definition) is 2. The van der Waals surface area contributed by atoms with E-state index < -0.39 is 8.32 Å². The van der Waals surface area contributed by atoms with Gasteiger partial charge in [0.15, 0.2) is 8.32 Å². The van der Waals surface area contributed by atoms with E-state index in [1.165, 1.54) is 31.2 Å². The maximum Gasteiger partial charge on any atom is 0.190 e. The Labute approximate surface area is 197 Å². The van der Waals surface area contributed by atoms with E-state index in [9.17, 15) is 0 Å². The summed E-state index contributed by atoms with van der Waals surface area (Å²) in [4.78, 5) is 0. The molecule has 0 N–H and O–H groups in total. The highest BCUT2D eigenvalue weighted by atomic mass is 28.4. The van der Waals surface area contributed by atoms with Gasteiger partial charge in [0.25, 0.3) is 0 Å². The molecule has 0 spiro atoms. The van der Waals surface area contributed by atoms with Crippen molar-refractivity contribution in [3.05, 3.63) is 47.5 Å². The molecule has 0 unspecified atom stereocenters.